The van der Waals surface area contributed by atoms with Crippen molar-refractivity contribution in [3.63, 3.8) is 0 Å². The van der Waals surface area contributed by atoms with E-state index >= 15 is 0 Å². The van der Waals surface area contributed by atoms with Gasteiger partial charge in [-0.05, 0) is 29.0 Å². The van der Waals surface area contributed by atoms with Gasteiger partial charge < -0.3 is 4.74 Å². The minimum atomic E-state index is 0.683. The van der Waals surface area contributed by atoms with E-state index < -0.39 is 0 Å². The largest absolute Gasteiger partial charge is 0.380 e. The Hall–Kier alpha value is -0.930. The van der Waals surface area contributed by atoms with Gasteiger partial charge in [0.1, 0.15) is 0 Å². The van der Waals surface area contributed by atoms with Gasteiger partial charge in [0.05, 0.1) is 6.61 Å². The molecular weight excluding hydrogens is 236 g/mol. The molecule has 0 atom stereocenters. The van der Waals surface area contributed by atoms with Crippen LogP contribution in [0.2, 0.25) is 0 Å². The van der Waals surface area contributed by atoms with Crippen molar-refractivity contribution in [2.75, 3.05) is 20.2 Å². The minimum Gasteiger partial charge on any atom is -0.380 e. The molecule has 0 unspecified atom stereocenters. The van der Waals surface area contributed by atoms with Crippen molar-refractivity contribution in [3.05, 3.63) is 29.1 Å². The number of pyridine rings is 1. The van der Waals surface area contributed by atoms with Crippen LogP contribution in [0.15, 0.2) is 12.4 Å². The highest BCUT2D eigenvalue weighted by molar-refractivity contribution is 5.33. The van der Waals surface area contributed by atoms with Gasteiger partial charge in [-0.1, -0.05) is 26.7 Å². The van der Waals surface area contributed by atoms with Crippen LogP contribution in [0.4, 0.5) is 0 Å². The van der Waals surface area contributed by atoms with Crippen LogP contribution in [0.5, 0.6) is 0 Å². The number of ether oxygens (including phenoxy) is 1. The number of aromatic nitrogens is 1. The SMILES string of the molecule is CCC(CC)CN1CCc2c(COC)cncc2C1. The summed E-state index contributed by atoms with van der Waals surface area (Å²) in [6.07, 6.45) is 7.69. The summed E-state index contributed by atoms with van der Waals surface area (Å²) < 4.78 is 5.27. The van der Waals surface area contributed by atoms with E-state index in [0.29, 0.717) is 6.61 Å². The molecule has 0 spiro atoms. The van der Waals surface area contributed by atoms with Gasteiger partial charge >= 0.3 is 0 Å². The molecule has 1 aromatic rings. The molecule has 0 fully saturated rings. The summed E-state index contributed by atoms with van der Waals surface area (Å²) >= 11 is 0. The molecule has 2 heterocycles. The predicted octanol–water partition coefficient (Wildman–Crippen LogP) is 3.02. The molecule has 1 aliphatic heterocycles. The number of nitrogens with zero attached hydrogens (tertiary/aromatic N) is 2. The molecule has 19 heavy (non-hydrogen) atoms. The maximum Gasteiger partial charge on any atom is 0.0730 e. The van der Waals surface area contributed by atoms with Gasteiger partial charge in [0, 0.05) is 39.1 Å². The van der Waals surface area contributed by atoms with Crippen LogP contribution in [-0.2, 0) is 24.3 Å². The van der Waals surface area contributed by atoms with Crippen LogP contribution < -0.4 is 0 Å². The fraction of sp³-hybridized carbons (Fsp3) is 0.688. The average molecular weight is 262 g/mol. The molecule has 2 rings (SSSR count). The molecule has 0 bridgehead atoms. The zero-order chi connectivity index (χ0) is 13.7. The van der Waals surface area contributed by atoms with Crippen molar-refractivity contribution in [1.82, 2.24) is 9.88 Å². The van der Waals surface area contributed by atoms with Gasteiger partial charge in [0.2, 0.25) is 0 Å². The van der Waals surface area contributed by atoms with E-state index in [4.69, 9.17) is 4.74 Å². The van der Waals surface area contributed by atoms with E-state index in [0.717, 1.165) is 18.9 Å². The van der Waals surface area contributed by atoms with Crippen molar-refractivity contribution >= 4 is 0 Å². The maximum absolute atomic E-state index is 5.27. The average Bonchev–Trinajstić information content (AvgIpc) is 2.45. The number of hydrogen-bond acceptors (Lipinski definition) is 3. The molecule has 0 radical (unpaired) electrons. The molecule has 1 aromatic heterocycles. The highest BCUT2D eigenvalue weighted by Gasteiger charge is 2.20. The standard InChI is InChI=1S/C16H26N2O/c1-4-13(5-2)10-18-7-6-16-14(11-18)8-17-9-15(16)12-19-3/h8-9,13H,4-7,10-12H2,1-3H3. The monoisotopic (exact) mass is 262 g/mol. The summed E-state index contributed by atoms with van der Waals surface area (Å²) in [6, 6.07) is 0. The molecule has 0 saturated heterocycles. The third-order valence-electron chi connectivity index (χ3n) is 4.28. The van der Waals surface area contributed by atoms with Crippen LogP contribution in [0.1, 0.15) is 43.4 Å². The first-order valence-corrected chi connectivity index (χ1v) is 7.44. The van der Waals surface area contributed by atoms with Crippen LogP contribution in [0, 0.1) is 5.92 Å². The lowest BCUT2D eigenvalue weighted by Crippen LogP contribution is -2.35. The van der Waals surface area contributed by atoms with E-state index in [2.05, 4.69) is 23.7 Å². The van der Waals surface area contributed by atoms with E-state index in [1.54, 1.807) is 7.11 Å². The Morgan fingerprint density at radius 1 is 1.32 bits per heavy atom. The molecule has 0 saturated carbocycles. The van der Waals surface area contributed by atoms with E-state index in [9.17, 15) is 0 Å². The first-order chi connectivity index (χ1) is 9.28. The smallest absolute Gasteiger partial charge is 0.0730 e. The first-order valence-electron chi connectivity index (χ1n) is 7.44. The molecule has 0 aromatic carbocycles. The lowest BCUT2D eigenvalue weighted by atomic mass is 9.95. The van der Waals surface area contributed by atoms with Gasteiger partial charge in [-0.3, -0.25) is 9.88 Å². The molecule has 106 valence electrons. The Morgan fingerprint density at radius 2 is 2.11 bits per heavy atom. The second-order valence-electron chi connectivity index (χ2n) is 5.54. The summed E-state index contributed by atoms with van der Waals surface area (Å²) in [6.45, 7) is 8.72. The first kappa shape index (κ1) is 14.5. The Kier molecular flexibility index (Phi) is 5.34. The lowest BCUT2D eigenvalue weighted by Gasteiger charge is -2.32. The van der Waals surface area contributed by atoms with Crippen molar-refractivity contribution in [2.24, 2.45) is 5.92 Å². The van der Waals surface area contributed by atoms with E-state index in [1.165, 1.54) is 42.6 Å². The summed E-state index contributed by atoms with van der Waals surface area (Å²) in [5.74, 6) is 0.830. The predicted molar refractivity (Wildman–Crippen MR) is 78.0 cm³/mol. The molecule has 3 nitrogen and oxygen atoms in total. The van der Waals surface area contributed by atoms with Crippen molar-refractivity contribution < 1.29 is 4.74 Å². The number of methoxy groups -OCH3 is 1. The molecule has 0 amide bonds. The fourth-order valence-electron chi connectivity index (χ4n) is 2.97. The van der Waals surface area contributed by atoms with Crippen LogP contribution >= 0.6 is 0 Å². The molecule has 0 N–H and O–H groups in total. The van der Waals surface area contributed by atoms with Crippen molar-refractivity contribution in [2.45, 2.75) is 46.3 Å². The molecule has 1 aliphatic rings. The topological polar surface area (TPSA) is 25.4 Å². The van der Waals surface area contributed by atoms with Crippen molar-refractivity contribution in [1.29, 1.82) is 0 Å². The quantitative estimate of drug-likeness (QED) is 0.788. The lowest BCUT2D eigenvalue weighted by molar-refractivity contribution is 0.179. The second kappa shape index (κ2) is 7.01. The minimum absolute atomic E-state index is 0.683. The van der Waals surface area contributed by atoms with Crippen LogP contribution in [0.25, 0.3) is 0 Å². The van der Waals surface area contributed by atoms with Gasteiger partial charge in [-0.15, -0.1) is 0 Å². The number of hydrogen-bond donors (Lipinski definition) is 0. The molecule has 3 heteroatoms. The number of fused-ring (bicyclic) bond motifs is 1. The Bertz CT molecular complexity index is 402. The van der Waals surface area contributed by atoms with Gasteiger partial charge in [-0.25, -0.2) is 0 Å². The van der Waals surface area contributed by atoms with Gasteiger partial charge in [0.25, 0.3) is 0 Å². The highest BCUT2D eigenvalue weighted by atomic mass is 16.5. The Balaban J connectivity index is 2.05. The van der Waals surface area contributed by atoms with E-state index in [1.807, 2.05) is 12.4 Å². The molecular formula is C16H26N2O. The zero-order valence-electron chi connectivity index (χ0n) is 12.5. The van der Waals surface area contributed by atoms with Crippen LogP contribution in [0.3, 0.4) is 0 Å². The normalized spacial score (nSPS) is 15.8. The zero-order valence-corrected chi connectivity index (χ0v) is 12.5. The fourth-order valence-corrected chi connectivity index (χ4v) is 2.97. The maximum atomic E-state index is 5.27. The Labute approximate surface area is 117 Å². The van der Waals surface area contributed by atoms with Crippen molar-refractivity contribution in [3.8, 4) is 0 Å². The van der Waals surface area contributed by atoms with Gasteiger partial charge in [0.15, 0.2) is 0 Å². The summed E-state index contributed by atoms with van der Waals surface area (Å²) in [7, 11) is 1.75. The summed E-state index contributed by atoms with van der Waals surface area (Å²) in [5, 5.41) is 0. The summed E-state index contributed by atoms with van der Waals surface area (Å²) in [5.41, 5.74) is 4.13. The third kappa shape index (κ3) is 3.54. The third-order valence-corrected chi connectivity index (χ3v) is 4.28. The second-order valence-corrected chi connectivity index (χ2v) is 5.54. The van der Waals surface area contributed by atoms with Gasteiger partial charge in [-0.2, -0.15) is 0 Å². The van der Waals surface area contributed by atoms with E-state index in [-0.39, 0.29) is 0 Å². The highest BCUT2D eigenvalue weighted by Crippen LogP contribution is 2.23. The molecule has 0 aliphatic carbocycles. The van der Waals surface area contributed by atoms with Crippen LogP contribution in [-0.4, -0.2) is 30.1 Å². The summed E-state index contributed by atoms with van der Waals surface area (Å²) in [4.78, 5) is 6.95. The Morgan fingerprint density at radius 3 is 2.79 bits per heavy atom. The number of rotatable bonds is 6.